The number of aromatic nitrogens is 3. The summed E-state index contributed by atoms with van der Waals surface area (Å²) in [5.74, 6) is 2.79. The van der Waals surface area contributed by atoms with Gasteiger partial charge in [0.25, 0.3) is 0 Å². The van der Waals surface area contributed by atoms with Gasteiger partial charge in [-0.15, -0.1) is 0 Å². The van der Waals surface area contributed by atoms with Crippen LogP contribution in [0.3, 0.4) is 0 Å². The zero-order valence-electron chi connectivity index (χ0n) is 11.2. The lowest BCUT2D eigenvalue weighted by atomic mass is 9.99. The van der Waals surface area contributed by atoms with Gasteiger partial charge in [0, 0.05) is 11.3 Å². The van der Waals surface area contributed by atoms with Crippen LogP contribution in [0.2, 0.25) is 0 Å². The number of hydrogen-bond acceptors (Lipinski definition) is 4. The molecule has 4 heteroatoms. The Morgan fingerprint density at radius 2 is 1.67 bits per heavy atom. The van der Waals surface area contributed by atoms with Crippen molar-refractivity contribution in [2.75, 3.05) is 5.73 Å². The third-order valence-corrected chi connectivity index (χ3v) is 4.43. The molecule has 2 fully saturated rings. The highest BCUT2D eigenvalue weighted by atomic mass is 15.1. The summed E-state index contributed by atoms with van der Waals surface area (Å²) in [6, 6.07) is 0. The van der Waals surface area contributed by atoms with Gasteiger partial charge in [0.15, 0.2) is 0 Å². The van der Waals surface area contributed by atoms with E-state index < -0.39 is 0 Å². The molecule has 2 aliphatic carbocycles. The molecule has 18 heavy (non-hydrogen) atoms. The molecule has 0 radical (unpaired) electrons. The zero-order chi connectivity index (χ0) is 12.6. The molecule has 0 amide bonds. The molecule has 0 saturated heterocycles. The average molecular weight is 246 g/mol. The van der Waals surface area contributed by atoms with Gasteiger partial charge in [0.2, 0.25) is 5.95 Å². The predicted octanol–water partition coefficient (Wildman–Crippen LogP) is 2.94. The highest BCUT2D eigenvalue weighted by Gasteiger charge is 2.42. The zero-order valence-corrected chi connectivity index (χ0v) is 11.2. The monoisotopic (exact) mass is 246 g/mol. The third-order valence-electron chi connectivity index (χ3n) is 4.43. The Morgan fingerprint density at radius 3 is 2.28 bits per heavy atom. The van der Waals surface area contributed by atoms with Crippen molar-refractivity contribution in [2.24, 2.45) is 0 Å². The summed E-state index contributed by atoms with van der Waals surface area (Å²) in [6.07, 6.45) is 10.1. The highest BCUT2D eigenvalue weighted by molar-refractivity contribution is 5.24. The van der Waals surface area contributed by atoms with E-state index in [1.54, 1.807) is 0 Å². The van der Waals surface area contributed by atoms with E-state index in [4.69, 9.17) is 10.7 Å². The summed E-state index contributed by atoms with van der Waals surface area (Å²) in [5.41, 5.74) is 6.04. The first-order chi connectivity index (χ1) is 8.67. The van der Waals surface area contributed by atoms with E-state index in [0.29, 0.717) is 11.9 Å². The second-order valence-electron chi connectivity index (χ2n) is 6.12. The molecule has 4 nitrogen and oxygen atoms in total. The molecule has 98 valence electrons. The molecular formula is C14H22N4. The molecule has 2 aliphatic rings. The molecule has 0 aromatic carbocycles. The molecule has 3 rings (SSSR count). The van der Waals surface area contributed by atoms with Gasteiger partial charge >= 0.3 is 0 Å². The van der Waals surface area contributed by atoms with Crippen molar-refractivity contribution in [3.05, 3.63) is 11.6 Å². The number of hydrogen-bond donors (Lipinski definition) is 1. The van der Waals surface area contributed by atoms with Crippen LogP contribution >= 0.6 is 0 Å². The molecule has 1 heterocycles. The maximum Gasteiger partial charge on any atom is 0.223 e. The molecule has 2 saturated carbocycles. The van der Waals surface area contributed by atoms with Crippen LogP contribution < -0.4 is 5.73 Å². The van der Waals surface area contributed by atoms with Crippen LogP contribution in [0.5, 0.6) is 0 Å². The minimum atomic E-state index is 0.177. The van der Waals surface area contributed by atoms with Gasteiger partial charge in [0.05, 0.1) is 0 Å². The molecule has 0 atom stereocenters. The fourth-order valence-corrected chi connectivity index (χ4v) is 2.81. The Labute approximate surface area is 108 Å². The Hall–Kier alpha value is -1.19. The molecule has 0 spiro atoms. The van der Waals surface area contributed by atoms with Crippen LogP contribution in [0.4, 0.5) is 5.95 Å². The Balaban J connectivity index is 1.88. The van der Waals surface area contributed by atoms with Crippen LogP contribution in [0.15, 0.2) is 0 Å². The fraction of sp³-hybridized carbons (Fsp3) is 0.786. The summed E-state index contributed by atoms with van der Waals surface area (Å²) in [6.45, 7) is 2.22. The molecule has 0 bridgehead atoms. The number of anilines is 1. The maximum atomic E-state index is 5.87. The van der Waals surface area contributed by atoms with Crippen LogP contribution in [0, 0.1) is 0 Å². The summed E-state index contributed by atoms with van der Waals surface area (Å²) >= 11 is 0. The quantitative estimate of drug-likeness (QED) is 0.815. The van der Waals surface area contributed by atoms with Crippen LogP contribution in [0.1, 0.15) is 75.9 Å². The highest BCUT2D eigenvalue weighted by Crippen LogP contribution is 2.46. The molecule has 1 aromatic heterocycles. The van der Waals surface area contributed by atoms with Crippen molar-refractivity contribution in [3.63, 3.8) is 0 Å². The lowest BCUT2D eigenvalue weighted by Crippen LogP contribution is -2.15. The van der Waals surface area contributed by atoms with Gasteiger partial charge < -0.3 is 5.73 Å². The van der Waals surface area contributed by atoms with E-state index in [0.717, 1.165) is 11.6 Å². The van der Waals surface area contributed by atoms with E-state index >= 15 is 0 Å². The van der Waals surface area contributed by atoms with E-state index in [1.807, 2.05) is 0 Å². The SMILES string of the molecule is CC1(c2nc(N)nc(C3CCCCCC3)n2)CC1. The Morgan fingerprint density at radius 1 is 1.00 bits per heavy atom. The number of nitrogen functional groups attached to an aromatic ring is 1. The first kappa shape index (κ1) is 11.9. The maximum absolute atomic E-state index is 5.87. The molecule has 0 unspecified atom stereocenters. The van der Waals surface area contributed by atoms with Gasteiger partial charge in [-0.05, 0) is 25.7 Å². The summed E-state index contributed by atoms with van der Waals surface area (Å²) in [5, 5.41) is 0. The van der Waals surface area contributed by atoms with Gasteiger partial charge in [-0.1, -0.05) is 32.6 Å². The summed E-state index contributed by atoms with van der Waals surface area (Å²) in [7, 11) is 0. The van der Waals surface area contributed by atoms with Crippen molar-refractivity contribution in [1.29, 1.82) is 0 Å². The molecular weight excluding hydrogens is 224 g/mol. The predicted molar refractivity (Wildman–Crippen MR) is 71.3 cm³/mol. The smallest absolute Gasteiger partial charge is 0.223 e. The van der Waals surface area contributed by atoms with Gasteiger partial charge in [-0.25, -0.2) is 4.98 Å². The second-order valence-corrected chi connectivity index (χ2v) is 6.12. The van der Waals surface area contributed by atoms with Crippen molar-refractivity contribution >= 4 is 5.95 Å². The summed E-state index contributed by atoms with van der Waals surface area (Å²) in [4.78, 5) is 13.5. The van der Waals surface area contributed by atoms with Crippen molar-refractivity contribution in [3.8, 4) is 0 Å². The number of rotatable bonds is 2. The van der Waals surface area contributed by atoms with E-state index in [9.17, 15) is 0 Å². The van der Waals surface area contributed by atoms with Crippen molar-refractivity contribution in [1.82, 2.24) is 15.0 Å². The summed E-state index contributed by atoms with van der Waals surface area (Å²) < 4.78 is 0. The lowest BCUT2D eigenvalue weighted by molar-refractivity contribution is 0.547. The topological polar surface area (TPSA) is 64.7 Å². The van der Waals surface area contributed by atoms with Crippen LogP contribution in [-0.2, 0) is 5.41 Å². The first-order valence-corrected chi connectivity index (χ1v) is 7.19. The molecule has 2 N–H and O–H groups in total. The van der Waals surface area contributed by atoms with Crippen molar-refractivity contribution in [2.45, 2.75) is 69.6 Å². The number of nitrogens with zero attached hydrogens (tertiary/aromatic N) is 3. The van der Waals surface area contributed by atoms with E-state index in [2.05, 4.69) is 16.9 Å². The average Bonchev–Trinajstić information content (AvgIpc) is 3.12. The first-order valence-electron chi connectivity index (χ1n) is 7.19. The van der Waals surface area contributed by atoms with Gasteiger partial charge in [-0.2, -0.15) is 9.97 Å². The van der Waals surface area contributed by atoms with E-state index in [-0.39, 0.29) is 5.41 Å². The second kappa shape index (κ2) is 4.48. The van der Waals surface area contributed by atoms with Crippen molar-refractivity contribution < 1.29 is 0 Å². The number of nitrogens with two attached hydrogens (primary N) is 1. The Bertz CT molecular complexity index is 431. The lowest BCUT2D eigenvalue weighted by Gasteiger charge is -2.15. The van der Waals surface area contributed by atoms with Crippen LogP contribution in [0.25, 0.3) is 0 Å². The fourth-order valence-electron chi connectivity index (χ4n) is 2.81. The molecule has 1 aromatic rings. The van der Waals surface area contributed by atoms with E-state index in [1.165, 1.54) is 51.4 Å². The third kappa shape index (κ3) is 2.33. The van der Waals surface area contributed by atoms with Gasteiger partial charge in [-0.3, -0.25) is 0 Å². The molecule has 0 aliphatic heterocycles. The Kier molecular flexibility index (Phi) is 2.96. The van der Waals surface area contributed by atoms with Crippen LogP contribution in [-0.4, -0.2) is 15.0 Å². The standard InChI is InChI=1S/C14H22N4/c1-14(8-9-14)12-16-11(17-13(15)18-12)10-6-4-2-3-5-7-10/h10H,2-9H2,1H3,(H2,15,16,17,18). The normalized spacial score (nSPS) is 23.6. The minimum absolute atomic E-state index is 0.177. The van der Waals surface area contributed by atoms with Gasteiger partial charge in [0.1, 0.15) is 11.6 Å². The largest absolute Gasteiger partial charge is 0.368 e. The minimum Gasteiger partial charge on any atom is -0.368 e.